The monoisotopic (exact) mass is 324 g/mol. The number of hydrogen-bond donors (Lipinski definition) is 0. The zero-order chi connectivity index (χ0) is 11.3. The van der Waals surface area contributed by atoms with Crippen molar-refractivity contribution in [1.82, 2.24) is 0 Å². The quantitative estimate of drug-likeness (QED) is 0.338. The number of alkyl halides is 1. The van der Waals surface area contributed by atoms with Gasteiger partial charge in [-0.25, -0.2) is 0 Å². The molecule has 1 aliphatic carbocycles. The van der Waals surface area contributed by atoms with Crippen molar-refractivity contribution in [1.29, 1.82) is 0 Å². The number of halogens is 1. The van der Waals surface area contributed by atoms with E-state index in [9.17, 15) is 9.59 Å². The average Bonchev–Trinajstić information content (AvgIpc) is 2.58. The summed E-state index contributed by atoms with van der Waals surface area (Å²) in [6.45, 7) is 2.14. The van der Waals surface area contributed by atoms with Gasteiger partial charge in [-0.3, -0.25) is 9.59 Å². The lowest BCUT2D eigenvalue weighted by Crippen LogP contribution is -2.37. The van der Waals surface area contributed by atoms with Gasteiger partial charge in [0, 0.05) is 6.42 Å². The molecule has 0 aromatic rings. The van der Waals surface area contributed by atoms with Crippen LogP contribution in [0, 0.1) is 5.41 Å². The van der Waals surface area contributed by atoms with Crippen molar-refractivity contribution >= 4 is 34.3 Å². The first kappa shape index (κ1) is 12.9. The zero-order valence-electron chi connectivity index (χ0n) is 9.05. The number of carbonyl (C=O) groups is 2. The number of carbonyl (C=O) groups excluding carboxylic acids is 2. The van der Waals surface area contributed by atoms with Gasteiger partial charge in [0.1, 0.15) is 11.2 Å². The SMILES string of the molecule is CCOC(=O)C1(CCCI)CCCC1=O. The van der Waals surface area contributed by atoms with Crippen molar-refractivity contribution in [3.05, 3.63) is 0 Å². The third-order valence-corrected chi connectivity index (χ3v) is 3.71. The first-order valence-corrected chi connectivity index (χ1v) is 6.96. The minimum atomic E-state index is -0.790. The van der Waals surface area contributed by atoms with Crippen LogP contribution < -0.4 is 0 Å². The maximum atomic E-state index is 11.8. The molecule has 0 N–H and O–H groups in total. The van der Waals surface area contributed by atoms with E-state index in [4.69, 9.17) is 4.74 Å². The minimum absolute atomic E-state index is 0.0887. The van der Waals surface area contributed by atoms with Crippen molar-refractivity contribution in [2.45, 2.75) is 39.0 Å². The van der Waals surface area contributed by atoms with Gasteiger partial charge in [-0.05, 0) is 37.0 Å². The first-order valence-electron chi connectivity index (χ1n) is 5.44. The van der Waals surface area contributed by atoms with Crippen LogP contribution in [0.1, 0.15) is 39.0 Å². The Labute approximate surface area is 104 Å². The summed E-state index contributed by atoms with van der Waals surface area (Å²) in [4.78, 5) is 23.7. The Bertz CT molecular complexity index is 252. The second-order valence-electron chi connectivity index (χ2n) is 3.87. The lowest BCUT2D eigenvalue weighted by atomic mass is 9.81. The van der Waals surface area contributed by atoms with Crippen molar-refractivity contribution in [2.75, 3.05) is 11.0 Å². The van der Waals surface area contributed by atoms with E-state index in [1.165, 1.54) is 0 Å². The molecule has 15 heavy (non-hydrogen) atoms. The highest BCUT2D eigenvalue weighted by Crippen LogP contribution is 2.40. The molecule has 3 nitrogen and oxygen atoms in total. The Kier molecular flexibility index (Phi) is 5.02. The molecule has 1 saturated carbocycles. The third kappa shape index (κ3) is 2.71. The first-order chi connectivity index (χ1) is 7.17. The fourth-order valence-electron chi connectivity index (χ4n) is 2.15. The largest absolute Gasteiger partial charge is 0.465 e. The molecule has 4 heteroatoms. The summed E-state index contributed by atoms with van der Waals surface area (Å²) in [6.07, 6.45) is 3.62. The topological polar surface area (TPSA) is 43.4 Å². The van der Waals surface area contributed by atoms with Crippen LogP contribution in [0.5, 0.6) is 0 Å². The number of Topliss-reactive ketones (excluding diaryl/α,β-unsaturated/α-hetero) is 1. The van der Waals surface area contributed by atoms with Gasteiger partial charge in [-0.2, -0.15) is 0 Å². The lowest BCUT2D eigenvalue weighted by Gasteiger charge is -2.24. The van der Waals surface area contributed by atoms with Gasteiger partial charge in [0.2, 0.25) is 0 Å². The minimum Gasteiger partial charge on any atom is -0.465 e. The molecule has 0 aromatic carbocycles. The number of ether oxygens (including phenoxy) is 1. The molecule has 0 radical (unpaired) electrons. The molecular weight excluding hydrogens is 307 g/mol. The highest BCUT2D eigenvalue weighted by atomic mass is 127. The van der Waals surface area contributed by atoms with Crippen molar-refractivity contribution < 1.29 is 14.3 Å². The summed E-state index contributed by atoms with van der Waals surface area (Å²) in [5.74, 6) is -0.205. The molecule has 0 spiro atoms. The predicted octanol–water partition coefficient (Wildman–Crippen LogP) is 2.50. The molecule has 1 rings (SSSR count). The van der Waals surface area contributed by atoms with Crippen LogP contribution >= 0.6 is 22.6 Å². The molecule has 1 fully saturated rings. The van der Waals surface area contributed by atoms with E-state index in [2.05, 4.69) is 22.6 Å². The zero-order valence-corrected chi connectivity index (χ0v) is 11.2. The summed E-state index contributed by atoms with van der Waals surface area (Å²) < 4.78 is 6.01. The summed E-state index contributed by atoms with van der Waals surface area (Å²) in [5.41, 5.74) is -0.790. The van der Waals surface area contributed by atoms with Gasteiger partial charge in [-0.15, -0.1) is 0 Å². The third-order valence-electron chi connectivity index (χ3n) is 2.94. The van der Waals surface area contributed by atoms with Gasteiger partial charge >= 0.3 is 5.97 Å². The van der Waals surface area contributed by atoms with E-state index in [1.54, 1.807) is 6.92 Å². The van der Waals surface area contributed by atoms with Crippen LogP contribution in [0.15, 0.2) is 0 Å². The molecule has 1 atom stereocenters. The number of ketones is 1. The Morgan fingerprint density at radius 2 is 2.33 bits per heavy atom. The molecular formula is C11H17IO3. The van der Waals surface area contributed by atoms with Crippen molar-refractivity contribution in [2.24, 2.45) is 5.41 Å². The van der Waals surface area contributed by atoms with Gasteiger partial charge in [0.25, 0.3) is 0 Å². The van der Waals surface area contributed by atoms with Crippen LogP contribution in [0.2, 0.25) is 0 Å². The highest BCUT2D eigenvalue weighted by molar-refractivity contribution is 14.1. The van der Waals surface area contributed by atoms with Crippen molar-refractivity contribution in [3.8, 4) is 0 Å². The van der Waals surface area contributed by atoms with Crippen molar-refractivity contribution in [3.63, 3.8) is 0 Å². The number of rotatable bonds is 5. The van der Waals surface area contributed by atoms with E-state index >= 15 is 0 Å². The molecule has 0 bridgehead atoms. The van der Waals surface area contributed by atoms with Gasteiger partial charge in [0.15, 0.2) is 0 Å². The fourth-order valence-corrected chi connectivity index (χ4v) is 2.53. The van der Waals surface area contributed by atoms with E-state index in [-0.39, 0.29) is 11.8 Å². The predicted molar refractivity (Wildman–Crippen MR) is 66.0 cm³/mol. The maximum Gasteiger partial charge on any atom is 0.319 e. The molecule has 0 aliphatic heterocycles. The summed E-state index contributed by atoms with van der Waals surface area (Å²) in [5, 5.41) is 0. The molecule has 0 aromatic heterocycles. The van der Waals surface area contributed by atoms with Gasteiger partial charge < -0.3 is 4.74 Å². The molecule has 1 aliphatic rings. The van der Waals surface area contributed by atoms with Crippen LogP contribution in [-0.4, -0.2) is 22.8 Å². The van der Waals surface area contributed by atoms with E-state index in [0.29, 0.717) is 25.9 Å². The number of hydrogen-bond acceptors (Lipinski definition) is 3. The summed E-state index contributed by atoms with van der Waals surface area (Å²) in [6, 6.07) is 0. The molecule has 86 valence electrons. The van der Waals surface area contributed by atoms with Gasteiger partial charge in [0.05, 0.1) is 6.61 Å². The maximum absolute atomic E-state index is 11.8. The summed E-state index contributed by atoms with van der Waals surface area (Å²) >= 11 is 2.27. The summed E-state index contributed by atoms with van der Waals surface area (Å²) in [7, 11) is 0. The van der Waals surface area contributed by atoms with E-state index in [1.807, 2.05) is 0 Å². The lowest BCUT2D eigenvalue weighted by molar-refractivity contribution is -0.159. The Morgan fingerprint density at radius 3 is 2.80 bits per heavy atom. The van der Waals surface area contributed by atoms with Gasteiger partial charge in [-0.1, -0.05) is 22.6 Å². The Hall–Kier alpha value is -0.130. The standard InChI is InChI=1S/C11H17IO3/c1-2-15-10(14)11(7-4-8-12)6-3-5-9(11)13/h2-8H2,1H3. The van der Waals surface area contributed by atoms with E-state index in [0.717, 1.165) is 17.3 Å². The Balaban J connectivity index is 2.76. The van der Waals surface area contributed by atoms with Crippen LogP contribution in [0.3, 0.4) is 0 Å². The highest BCUT2D eigenvalue weighted by Gasteiger charge is 2.48. The molecule has 0 saturated heterocycles. The molecule has 0 heterocycles. The second kappa shape index (κ2) is 5.82. The Morgan fingerprint density at radius 1 is 1.60 bits per heavy atom. The second-order valence-corrected chi connectivity index (χ2v) is 4.95. The normalized spacial score (nSPS) is 25.6. The number of esters is 1. The van der Waals surface area contributed by atoms with Crippen LogP contribution in [0.4, 0.5) is 0 Å². The molecule has 1 unspecified atom stereocenters. The van der Waals surface area contributed by atoms with E-state index < -0.39 is 5.41 Å². The average molecular weight is 324 g/mol. The molecule has 0 amide bonds. The fraction of sp³-hybridized carbons (Fsp3) is 0.818. The van der Waals surface area contributed by atoms with Crippen LogP contribution in [-0.2, 0) is 14.3 Å². The van der Waals surface area contributed by atoms with Crippen LogP contribution in [0.25, 0.3) is 0 Å². The smallest absolute Gasteiger partial charge is 0.319 e.